The third kappa shape index (κ3) is 7.28. The van der Waals surface area contributed by atoms with Crippen molar-refractivity contribution in [1.29, 1.82) is 0 Å². The first-order valence-electron chi connectivity index (χ1n) is 16.5. The molecule has 2 fully saturated rings. The Hall–Kier alpha value is -4.87. The summed E-state index contributed by atoms with van der Waals surface area (Å²) in [5.41, 5.74) is 0.837. The Morgan fingerprint density at radius 1 is 1.04 bits per heavy atom. The van der Waals surface area contributed by atoms with Crippen LogP contribution < -0.4 is 15.6 Å². The Balaban J connectivity index is 1.04. The molecule has 1 aromatic heterocycles. The molecule has 1 aliphatic carbocycles. The fourth-order valence-corrected chi connectivity index (χ4v) is 6.60. The van der Waals surface area contributed by atoms with Crippen molar-refractivity contribution in [2.24, 2.45) is 4.99 Å². The second kappa shape index (κ2) is 14.7. The topological polar surface area (TPSA) is 104 Å². The number of amides is 1. The quantitative estimate of drug-likeness (QED) is 0.246. The van der Waals surface area contributed by atoms with E-state index in [1.807, 2.05) is 0 Å². The van der Waals surface area contributed by atoms with Gasteiger partial charge in [0.15, 0.2) is 11.5 Å². The smallest absolute Gasteiger partial charge is 0.267 e. The number of hydrogen-bond acceptors (Lipinski definition) is 8. The second-order valence-electron chi connectivity index (χ2n) is 12.1. The summed E-state index contributed by atoms with van der Waals surface area (Å²) < 4.78 is 39.5. The van der Waals surface area contributed by atoms with Gasteiger partial charge in [-0.15, -0.1) is 0 Å². The molecule has 49 heavy (non-hydrogen) atoms. The maximum absolute atomic E-state index is 13.4. The molecule has 0 bridgehead atoms. The highest BCUT2D eigenvalue weighted by molar-refractivity contribution is 6.34. The molecule has 0 spiro atoms. The summed E-state index contributed by atoms with van der Waals surface area (Å²) in [6.07, 6.45) is 10.3. The van der Waals surface area contributed by atoms with Gasteiger partial charge in [-0.3, -0.25) is 19.1 Å². The van der Waals surface area contributed by atoms with Crippen molar-refractivity contribution in [3.8, 4) is 11.4 Å². The summed E-state index contributed by atoms with van der Waals surface area (Å²) >= 11 is 6.59. The number of likely N-dealkylation sites (tertiary alicyclic amines) is 1. The van der Waals surface area contributed by atoms with Gasteiger partial charge in [-0.1, -0.05) is 18.0 Å². The van der Waals surface area contributed by atoms with Gasteiger partial charge in [-0.05, 0) is 87.0 Å². The van der Waals surface area contributed by atoms with E-state index >= 15 is 0 Å². The van der Waals surface area contributed by atoms with Crippen molar-refractivity contribution >= 4 is 29.4 Å². The summed E-state index contributed by atoms with van der Waals surface area (Å²) in [5, 5.41) is 2.92. The molecule has 4 heterocycles. The molecule has 3 aromatic rings. The highest BCUT2D eigenvalue weighted by Crippen LogP contribution is 2.41. The number of pyridine rings is 1. The number of hydrogen-bond donors (Lipinski definition) is 1. The van der Waals surface area contributed by atoms with E-state index < -0.39 is 17.3 Å². The van der Waals surface area contributed by atoms with Crippen molar-refractivity contribution in [1.82, 2.24) is 9.47 Å². The highest BCUT2D eigenvalue weighted by atomic mass is 35.5. The number of aromatic nitrogens is 1. The summed E-state index contributed by atoms with van der Waals surface area (Å²) in [4.78, 5) is 33.5. The molecule has 0 saturated carbocycles. The minimum Gasteiger partial charge on any atom is -0.494 e. The van der Waals surface area contributed by atoms with Crippen LogP contribution in [0.15, 0.2) is 105 Å². The number of benzene rings is 2. The minimum atomic E-state index is -0.640. The average Bonchev–Trinajstić information content (AvgIpc) is 3.12. The monoisotopic (exact) mass is 686 g/mol. The van der Waals surface area contributed by atoms with Crippen molar-refractivity contribution in [2.45, 2.75) is 38.1 Å². The Labute approximate surface area is 288 Å². The fraction of sp³-hybridized carbons (Fsp3) is 0.324. The molecule has 7 rings (SSSR count). The van der Waals surface area contributed by atoms with Crippen LogP contribution in [0.5, 0.6) is 5.75 Å². The first-order chi connectivity index (χ1) is 23.9. The number of aliphatic imine (C=N–C) groups is 1. The molecule has 10 nitrogen and oxygen atoms in total. The van der Waals surface area contributed by atoms with Crippen LogP contribution in [0.3, 0.4) is 0 Å². The van der Waals surface area contributed by atoms with Gasteiger partial charge >= 0.3 is 0 Å². The van der Waals surface area contributed by atoms with Crippen molar-refractivity contribution < 1.29 is 28.1 Å². The van der Waals surface area contributed by atoms with Gasteiger partial charge in [0.05, 0.1) is 28.9 Å². The lowest BCUT2D eigenvalue weighted by Crippen LogP contribution is -2.32. The van der Waals surface area contributed by atoms with Gasteiger partial charge in [0, 0.05) is 37.1 Å². The predicted octanol–water partition coefficient (Wildman–Crippen LogP) is 6.41. The molecule has 4 aliphatic rings. The molecule has 0 radical (unpaired) electrons. The van der Waals surface area contributed by atoms with Crippen LogP contribution in [0, 0.1) is 5.82 Å². The van der Waals surface area contributed by atoms with Crippen LogP contribution in [0.4, 0.5) is 10.1 Å². The number of fused-ring (bicyclic) bond motifs is 2. The molecular formula is C37H36ClFN4O6. The van der Waals surface area contributed by atoms with E-state index in [9.17, 15) is 14.0 Å². The van der Waals surface area contributed by atoms with Crippen molar-refractivity contribution in [3.05, 3.63) is 122 Å². The number of halogens is 2. The number of carbonyl (C=O) groups is 1. The summed E-state index contributed by atoms with van der Waals surface area (Å²) in [6.45, 7) is 4.74. The molecule has 2 aromatic carbocycles. The number of rotatable bonds is 10. The van der Waals surface area contributed by atoms with E-state index in [1.165, 1.54) is 60.4 Å². The van der Waals surface area contributed by atoms with E-state index in [-0.39, 0.29) is 16.6 Å². The van der Waals surface area contributed by atoms with Gasteiger partial charge in [0.2, 0.25) is 0 Å². The molecule has 254 valence electrons. The Bertz CT molecular complexity index is 1910. The molecule has 1 atom stereocenters. The van der Waals surface area contributed by atoms with E-state index in [2.05, 4.69) is 10.2 Å². The van der Waals surface area contributed by atoms with Crippen molar-refractivity contribution in [3.63, 3.8) is 0 Å². The molecular weight excluding hydrogens is 651 g/mol. The van der Waals surface area contributed by atoms with Crippen LogP contribution in [-0.4, -0.2) is 67.1 Å². The molecule has 1 N–H and O–H groups in total. The minimum absolute atomic E-state index is 0.101. The number of ether oxygens (including phenoxy) is 4. The maximum atomic E-state index is 13.4. The Kier molecular flexibility index (Phi) is 9.81. The lowest BCUT2D eigenvalue weighted by atomic mass is 9.91. The number of nitrogens with one attached hydrogen (secondary N) is 1. The standard InChI is InChI=1S/C37H36ClFN4O6/c38-28-22-26(11-12-29(28)41-36(44)27-6-4-18-43(37(27)45)25-9-7-24(39)8-10-25)49-31-13-14-40-30-23-32(34-35(33(30)31)48-21-20-47-34)46-19-5-17-42-15-2-1-3-16-42/h4,6-14,18,22,30H,1-3,5,15-17,19-21,23H2,(H,41,44). The number of anilines is 1. The first kappa shape index (κ1) is 32.7. The highest BCUT2D eigenvalue weighted by Gasteiger charge is 2.38. The third-order valence-corrected chi connectivity index (χ3v) is 9.12. The zero-order valence-corrected chi connectivity index (χ0v) is 27.6. The largest absolute Gasteiger partial charge is 0.494 e. The van der Waals surface area contributed by atoms with Crippen LogP contribution in [0.1, 0.15) is 42.5 Å². The van der Waals surface area contributed by atoms with E-state index in [0.717, 1.165) is 37.4 Å². The van der Waals surface area contributed by atoms with Crippen molar-refractivity contribution in [2.75, 3.05) is 44.8 Å². The van der Waals surface area contributed by atoms with Crippen LogP contribution in [-0.2, 0) is 14.2 Å². The molecule has 12 heteroatoms. The maximum Gasteiger partial charge on any atom is 0.267 e. The van der Waals surface area contributed by atoms with E-state index in [0.29, 0.717) is 60.6 Å². The van der Waals surface area contributed by atoms with E-state index in [4.69, 9.17) is 35.5 Å². The molecule has 1 amide bonds. The zero-order valence-electron chi connectivity index (χ0n) is 26.8. The average molecular weight is 687 g/mol. The lowest BCUT2D eigenvalue weighted by molar-refractivity contribution is 0.0362. The fourth-order valence-electron chi connectivity index (χ4n) is 6.38. The Morgan fingerprint density at radius 2 is 1.84 bits per heavy atom. The summed E-state index contributed by atoms with van der Waals surface area (Å²) in [7, 11) is 0. The van der Waals surface area contributed by atoms with Gasteiger partial charge in [0.1, 0.15) is 41.9 Å². The van der Waals surface area contributed by atoms with Crippen LogP contribution in [0.2, 0.25) is 5.02 Å². The Morgan fingerprint density at radius 3 is 2.63 bits per heavy atom. The second-order valence-corrected chi connectivity index (χ2v) is 12.5. The van der Waals surface area contributed by atoms with Gasteiger partial charge in [0.25, 0.3) is 11.5 Å². The molecule has 3 aliphatic heterocycles. The van der Waals surface area contributed by atoms with E-state index in [1.54, 1.807) is 36.6 Å². The third-order valence-electron chi connectivity index (χ3n) is 8.81. The number of piperidine rings is 1. The number of allylic oxidation sites excluding steroid dienone is 1. The van der Waals surface area contributed by atoms with Gasteiger partial charge < -0.3 is 29.2 Å². The van der Waals surface area contributed by atoms with Gasteiger partial charge in [-0.25, -0.2) is 4.39 Å². The number of dihydropyridines is 1. The number of nitrogens with zero attached hydrogens (tertiary/aromatic N) is 3. The van der Waals surface area contributed by atoms with Crippen LogP contribution in [0.25, 0.3) is 5.69 Å². The van der Waals surface area contributed by atoms with Gasteiger partial charge in [-0.2, -0.15) is 0 Å². The summed E-state index contributed by atoms with van der Waals surface area (Å²) in [5.74, 6) is 1.81. The predicted molar refractivity (Wildman–Crippen MR) is 184 cm³/mol. The molecule has 1 unspecified atom stereocenters. The zero-order chi connectivity index (χ0) is 33.7. The lowest BCUT2D eigenvalue weighted by Gasteiger charge is -2.34. The number of carbonyl (C=O) groups excluding carboxylic acids is 1. The summed E-state index contributed by atoms with van der Waals surface area (Å²) in [6, 6.07) is 13.0. The SMILES string of the molecule is O=C(Nc1ccc(OC2=CC=NC3CC(OCCCN4CCCCC4)=C4OCCOC4=C23)cc1Cl)c1cccn(-c2ccc(F)cc2)c1=O. The first-order valence-corrected chi connectivity index (χ1v) is 16.9. The normalized spacial score (nSPS) is 18.9. The molecule has 2 saturated heterocycles. The van der Waals surface area contributed by atoms with Crippen LogP contribution >= 0.6 is 11.6 Å².